The van der Waals surface area contributed by atoms with Crippen molar-refractivity contribution in [2.75, 3.05) is 18.5 Å². The first-order chi connectivity index (χ1) is 10.6. The maximum absolute atomic E-state index is 12.7. The van der Waals surface area contributed by atoms with Crippen molar-refractivity contribution in [1.29, 1.82) is 0 Å². The third-order valence-corrected chi connectivity index (χ3v) is 3.70. The van der Waals surface area contributed by atoms with Crippen molar-refractivity contribution in [3.63, 3.8) is 0 Å². The minimum absolute atomic E-state index is 0.0307. The van der Waals surface area contributed by atoms with Gasteiger partial charge in [0.15, 0.2) is 11.6 Å². The largest absolute Gasteiger partial charge is 0.507 e. The van der Waals surface area contributed by atoms with Gasteiger partial charge in [-0.3, -0.25) is 9.59 Å². The molecular formula is C17H15NO4. The molecule has 3 N–H and O–H groups in total. The summed E-state index contributed by atoms with van der Waals surface area (Å²) < 4.78 is 0. The van der Waals surface area contributed by atoms with E-state index < -0.39 is 0 Å². The van der Waals surface area contributed by atoms with E-state index in [-0.39, 0.29) is 35.0 Å². The highest BCUT2D eigenvalue weighted by atomic mass is 16.3. The average molecular weight is 297 g/mol. The maximum atomic E-state index is 12.7. The van der Waals surface area contributed by atoms with Crippen LogP contribution in [0.25, 0.3) is 0 Å². The van der Waals surface area contributed by atoms with E-state index in [1.165, 1.54) is 6.07 Å². The number of hydrogen-bond acceptors (Lipinski definition) is 5. The molecule has 0 spiro atoms. The van der Waals surface area contributed by atoms with Gasteiger partial charge in [0.25, 0.3) is 0 Å². The number of aliphatic hydroxyl groups is 1. The van der Waals surface area contributed by atoms with Gasteiger partial charge >= 0.3 is 0 Å². The molecule has 0 saturated carbocycles. The van der Waals surface area contributed by atoms with Crippen molar-refractivity contribution in [3.05, 3.63) is 58.7 Å². The van der Waals surface area contributed by atoms with Crippen LogP contribution in [-0.4, -0.2) is 34.9 Å². The summed E-state index contributed by atoms with van der Waals surface area (Å²) in [4.78, 5) is 25.3. The van der Waals surface area contributed by atoms with E-state index in [4.69, 9.17) is 5.11 Å². The molecule has 0 fully saturated rings. The van der Waals surface area contributed by atoms with Gasteiger partial charge in [0, 0.05) is 30.0 Å². The van der Waals surface area contributed by atoms with Gasteiger partial charge in [-0.2, -0.15) is 0 Å². The quantitative estimate of drug-likeness (QED) is 0.506. The summed E-state index contributed by atoms with van der Waals surface area (Å²) in [6.07, 6.45) is 0.522. The molecule has 5 heteroatoms. The van der Waals surface area contributed by atoms with Gasteiger partial charge in [-0.25, -0.2) is 0 Å². The number of nitrogens with one attached hydrogen (secondary N) is 1. The molecule has 112 valence electrons. The summed E-state index contributed by atoms with van der Waals surface area (Å²) in [5, 5.41) is 21.9. The first-order valence-corrected chi connectivity index (χ1v) is 7.04. The van der Waals surface area contributed by atoms with E-state index in [2.05, 4.69) is 5.32 Å². The molecule has 0 amide bonds. The number of carbonyl (C=O) groups is 2. The van der Waals surface area contributed by atoms with Crippen LogP contribution in [0.4, 0.5) is 5.69 Å². The third kappa shape index (κ3) is 2.16. The molecule has 22 heavy (non-hydrogen) atoms. The van der Waals surface area contributed by atoms with Crippen LogP contribution in [0.2, 0.25) is 0 Å². The lowest BCUT2D eigenvalue weighted by Crippen LogP contribution is -2.23. The standard InChI is InChI=1S/C17H15NO4/c19-9-3-8-18-12-6-7-13(20)15-14(12)16(21)10-4-1-2-5-11(10)17(15)22/h1-2,4-7,18-20H,3,8-9H2. The van der Waals surface area contributed by atoms with E-state index >= 15 is 0 Å². The smallest absolute Gasteiger partial charge is 0.198 e. The predicted molar refractivity (Wildman–Crippen MR) is 81.6 cm³/mol. The number of ketones is 2. The number of benzene rings is 2. The zero-order valence-corrected chi connectivity index (χ0v) is 11.8. The lowest BCUT2D eigenvalue weighted by molar-refractivity contribution is 0.0977. The molecule has 1 aliphatic carbocycles. The molecule has 0 bridgehead atoms. The number of aliphatic hydroxyl groups excluding tert-OH is 1. The predicted octanol–water partition coefficient (Wildman–Crippen LogP) is 1.96. The van der Waals surface area contributed by atoms with Crippen LogP contribution < -0.4 is 5.32 Å². The number of rotatable bonds is 4. The second-order valence-corrected chi connectivity index (χ2v) is 5.09. The van der Waals surface area contributed by atoms with Crippen LogP contribution in [0.3, 0.4) is 0 Å². The Morgan fingerprint density at radius 1 is 0.909 bits per heavy atom. The number of carbonyl (C=O) groups excluding carboxylic acids is 2. The summed E-state index contributed by atoms with van der Waals surface area (Å²) in [5.74, 6) is -0.836. The van der Waals surface area contributed by atoms with Crippen LogP contribution in [0.1, 0.15) is 38.3 Å². The second kappa shape index (κ2) is 5.61. The van der Waals surface area contributed by atoms with Gasteiger partial charge in [0.05, 0.1) is 11.1 Å². The maximum Gasteiger partial charge on any atom is 0.198 e. The van der Waals surface area contributed by atoms with Crippen molar-refractivity contribution in [3.8, 4) is 5.75 Å². The molecule has 5 nitrogen and oxygen atoms in total. The van der Waals surface area contributed by atoms with E-state index in [0.717, 1.165) is 0 Å². The first-order valence-electron chi connectivity index (χ1n) is 7.04. The highest BCUT2D eigenvalue weighted by molar-refractivity contribution is 6.31. The van der Waals surface area contributed by atoms with Crippen molar-refractivity contribution >= 4 is 17.3 Å². The van der Waals surface area contributed by atoms with Gasteiger partial charge in [-0.15, -0.1) is 0 Å². The molecule has 3 rings (SSSR count). The van der Waals surface area contributed by atoms with Gasteiger partial charge in [-0.1, -0.05) is 24.3 Å². The molecule has 0 atom stereocenters. The highest BCUT2D eigenvalue weighted by Crippen LogP contribution is 2.36. The topological polar surface area (TPSA) is 86.6 Å². The van der Waals surface area contributed by atoms with Crippen molar-refractivity contribution in [2.45, 2.75) is 6.42 Å². The van der Waals surface area contributed by atoms with Crippen LogP contribution >= 0.6 is 0 Å². The number of fused-ring (bicyclic) bond motifs is 2. The minimum atomic E-state index is -0.353. The molecule has 0 aromatic heterocycles. The minimum Gasteiger partial charge on any atom is -0.507 e. The molecule has 0 saturated heterocycles. The summed E-state index contributed by atoms with van der Waals surface area (Å²) >= 11 is 0. The number of phenolic OH excluding ortho intramolecular Hbond substituents is 1. The van der Waals surface area contributed by atoms with E-state index in [0.29, 0.717) is 29.8 Å². The Hall–Kier alpha value is -2.66. The molecule has 0 heterocycles. The normalized spacial score (nSPS) is 12.8. The molecule has 0 unspecified atom stereocenters. The third-order valence-electron chi connectivity index (χ3n) is 3.70. The van der Waals surface area contributed by atoms with E-state index in [1.807, 2.05) is 0 Å². The highest BCUT2D eigenvalue weighted by Gasteiger charge is 2.33. The van der Waals surface area contributed by atoms with Crippen molar-refractivity contribution in [2.24, 2.45) is 0 Å². The SMILES string of the molecule is O=C1c2ccccc2C(=O)c2c(NCCCO)ccc(O)c21. The van der Waals surface area contributed by atoms with Gasteiger partial charge in [0.2, 0.25) is 0 Å². The molecule has 0 radical (unpaired) electrons. The Balaban J connectivity index is 2.14. The fourth-order valence-electron chi connectivity index (χ4n) is 2.66. The van der Waals surface area contributed by atoms with Crippen molar-refractivity contribution < 1.29 is 19.8 Å². The molecular weight excluding hydrogens is 282 g/mol. The fraction of sp³-hybridized carbons (Fsp3) is 0.176. The lowest BCUT2D eigenvalue weighted by atomic mass is 9.82. The summed E-state index contributed by atoms with van der Waals surface area (Å²) in [6, 6.07) is 9.57. The number of hydrogen-bond donors (Lipinski definition) is 3. The van der Waals surface area contributed by atoms with Crippen LogP contribution in [0, 0.1) is 0 Å². The fourth-order valence-corrected chi connectivity index (χ4v) is 2.66. The molecule has 1 aliphatic rings. The Morgan fingerprint density at radius 2 is 1.55 bits per heavy atom. The van der Waals surface area contributed by atoms with Gasteiger partial charge < -0.3 is 15.5 Å². The molecule has 0 aliphatic heterocycles. The molecule has 2 aromatic carbocycles. The Bertz CT molecular complexity index is 767. The summed E-state index contributed by atoms with van der Waals surface area (Å²) in [5.41, 5.74) is 1.38. The summed E-state index contributed by atoms with van der Waals surface area (Å²) in [6.45, 7) is 0.500. The molecule has 2 aromatic rings. The Morgan fingerprint density at radius 3 is 2.18 bits per heavy atom. The zero-order valence-electron chi connectivity index (χ0n) is 11.8. The van der Waals surface area contributed by atoms with Crippen LogP contribution in [0.5, 0.6) is 5.75 Å². The van der Waals surface area contributed by atoms with E-state index in [9.17, 15) is 14.7 Å². The second-order valence-electron chi connectivity index (χ2n) is 5.09. The van der Waals surface area contributed by atoms with Gasteiger partial charge in [-0.05, 0) is 18.6 Å². The lowest BCUT2D eigenvalue weighted by Gasteiger charge is -2.21. The number of aromatic hydroxyl groups is 1. The summed E-state index contributed by atoms with van der Waals surface area (Å²) in [7, 11) is 0. The average Bonchev–Trinajstić information content (AvgIpc) is 2.54. The number of anilines is 1. The Kier molecular flexibility index (Phi) is 3.65. The zero-order chi connectivity index (χ0) is 15.7. The van der Waals surface area contributed by atoms with Crippen LogP contribution in [0.15, 0.2) is 36.4 Å². The van der Waals surface area contributed by atoms with Crippen molar-refractivity contribution in [1.82, 2.24) is 0 Å². The number of phenols is 1. The monoisotopic (exact) mass is 297 g/mol. The first kappa shape index (κ1) is 14.3. The van der Waals surface area contributed by atoms with E-state index in [1.54, 1.807) is 30.3 Å². The van der Waals surface area contributed by atoms with Gasteiger partial charge in [0.1, 0.15) is 5.75 Å². The Labute approximate surface area is 127 Å². The van der Waals surface area contributed by atoms with Crippen LogP contribution in [-0.2, 0) is 0 Å².